The first-order valence-electron chi connectivity index (χ1n) is 42.1. The second kappa shape index (κ2) is 46.8. The van der Waals surface area contributed by atoms with Crippen LogP contribution in [0.4, 0.5) is 28.4 Å². The zero-order valence-corrected chi connectivity index (χ0v) is 82.9. The smallest absolute Gasteiger partial charge is 0.259 e. The zero-order valence-electron chi connectivity index (χ0n) is 75.1. The molecule has 0 saturated carbocycles. The van der Waals surface area contributed by atoms with Gasteiger partial charge in [-0.15, -0.1) is 0 Å². The van der Waals surface area contributed by atoms with Crippen LogP contribution in [-0.2, 0) is 39.3 Å². The average Bonchev–Trinajstić information content (AvgIpc) is 0.793. The Morgan fingerprint density at radius 3 is 0.957 bits per heavy atom. The number of anilines is 5. The number of benzene rings is 9. The lowest BCUT2D eigenvalue weighted by atomic mass is 10.1. The van der Waals surface area contributed by atoms with E-state index in [9.17, 15) is 57.6 Å². The number of hydrogen-bond acceptors (Lipinski definition) is 21. The molecule has 0 aliphatic heterocycles. The van der Waals surface area contributed by atoms with E-state index in [-0.39, 0.29) is 53.6 Å². The first-order chi connectivity index (χ1) is 66.2. The molecule has 0 bridgehead atoms. The van der Waals surface area contributed by atoms with Crippen LogP contribution in [-0.4, -0.2) is 126 Å². The van der Waals surface area contributed by atoms with Gasteiger partial charge in [-0.3, -0.25) is 48.9 Å². The van der Waals surface area contributed by atoms with Crippen LogP contribution >= 0.6 is 69.6 Å². The van der Waals surface area contributed by atoms with E-state index in [4.69, 9.17) is 69.6 Å². The SMILES string of the molecule is CC(C)S(=O)(=O)c1ccc(C(=O)Nc2ccc(Cl)c(-c3ccccn3)c2)c(Cl)c1.CC(C)S(=O)(=O)c1ccc(C(=O)Nc2ccc(Cl)c(-c3ccccn3)c2)cc1.CS(=O)(=O)c1ccc(C(=O)Nc2ccc(Cl)c(-c3ccccn3)c2)cn1.Cc1cc(S(C)(=O)=O)ccc1C(=O)Nc1ccc(Cl)c(-c2ccccn2)c1.Cc1ncc(C(=O)Nc2ccc(Cl)c(-c3ccccn3)c2)c(-c2ccccc2)n1. The molecule has 16 rings (SSSR count). The Balaban J connectivity index is 0.000000156. The summed E-state index contributed by atoms with van der Waals surface area (Å²) in [6.45, 7) is 9.91. The highest BCUT2D eigenvalue weighted by Crippen LogP contribution is 2.37. The van der Waals surface area contributed by atoms with Gasteiger partial charge < -0.3 is 26.6 Å². The number of aryl methyl sites for hydroxylation is 2. The molecule has 0 aliphatic rings. The molecule has 0 saturated heterocycles. The number of hydrogen-bond donors (Lipinski definition) is 5. The molecule has 0 radical (unpaired) electrons. The lowest BCUT2D eigenvalue weighted by Crippen LogP contribution is -2.16. The van der Waals surface area contributed by atoms with E-state index < -0.39 is 61.7 Å². The van der Waals surface area contributed by atoms with Crippen molar-refractivity contribution >= 4 is 167 Å². The Morgan fingerprint density at radius 2 is 0.619 bits per heavy atom. The minimum absolute atomic E-state index is 0.0585. The third-order valence-corrected chi connectivity index (χ3v) is 28.9. The van der Waals surface area contributed by atoms with Crippen LogP contribution in [0.15, 0.2) is 348 Å². The van der Waals surface area contributed by atoms with Gasteiger partial charge in [0.1, 0.15) is 5.82 Å². The summed E-state index contributed by atoms with van der Waals surface area (Å²) in [5.41, 5.74) is 13.4. The number of nitrogens with one attached hydrogen (secondary N) is 5. The van der Waals surface area contributed by atoms with Crippen molar-refractivity contribution in [1.29, 1.82) is 0 Å². The number of pyridine rings is 6. The van der Waals surface area contributed by atoms with Crippen molar-refractivity contribution < 1.29 is 57.6 Å². The summed E-state index contributed by atoms with van der Waals surface area (Å²) in [5.74, 6) is -1.24. The molecule has 0 unspecified atom stereocenters. The lowest BCUT2D eigenvalue weighted by molar-refractivity contribution is 0.101. The molecule has 0 fully saturated rings. The molecule has 0 aliphatic carbocycles. The van der Waals surface area contributed by atoms with Crippen molar-refractivity contribution in [3.8, 4) is 67.5 Å². The van der Waals surface area contributed by atoms with Crippen molar-refractivity contribution in [2.75, 3.05) is 39.1 Å². The summed E-state index contributed by atoms with van der Waals surface area (Å²) in [4.78, 5) is 97.6. The van der Waals surface area contributed by atoms with Crippen LogP contribution in [0.3, 0.4) is 0 Å². The van der Waals surface area contributed by atoms with Crippen LogP contribution in [0.1, 0.15) is 90.9 Å². The number of carbonyl (C=O) groups excluding carboxylic acids is 5. The Hall–Kier alpha value is -14.2. The third kappa shape index (κ3) is 27.7. The van der Waals surface area contributed by atoms with Gasteiger partial charge in [0.15, 0.2) is 44.4 Å². The minimum atomic E-state index is -3.48. The van der Waals surface area contributed by atoms with Gasteiger partial charge in [-0.1, -0.05) is 130 Å². The van der Waals surface area contributed by atoms with Crippen LogP contribution in [0.5, 0.6) is 0 Å². The fourth-order valence-electron chi connectivity index (χ4n) is 13.1. The number of rotatable bonds is 22. The summed E-state index contributed by atoms with van der Waals surface area (Å²) in [7, 11) is -13.6. The van der Waals surface area contributed by atoms with Crippen molar-refractivity contribution in [2.24, 2.45) is 0 Å². The van der Waals surface area contributed by atoms with E-state index in [0.29, 0.717) is 132 Å². The number of nitrogens with zero attached hydrogens (tertiary/aromatic N) is 8. The number of carbonyl (C=O) groups is 5. The third-order valence-electron chi connectivity index (χ3n) is 20.5. The standard InChI is InChI=1S/C23H17ClN4O.C21H18Cl2N2O3S.C21H19ClN2O3S.C20H17ClN2O3S.C18H14ClN3O3S/c1-15-26-14-19(22(27-15)16-7-3-2-4-8-16)23(29)28-17-10-11-20(24)18(13-17)21-9-5-6-12-25-21;1-13(2)29(27,28)15-7-8-16(19(23)12-15)21(26)25-14-6-9-18(22)17(11-14)20-5-3-4-10-24-20;1-14(2)28(26,27)17-9-6-15(7-10-17)21(25)24-16-8-11-19(22)18(13-16)20-5-3-4-12-23-20;1-13-11-15(27(2,25)26)7-8-16(13)20(24)23-14-6-9-18(21)17(12-14)19-5-3-4-10-22-19;1-26(24,25)17-8-5-12(11-21-17)18(23)22-13-6-7-15(19)14(10-13)16-4-2-3-9-20-16/h2-14H,1H3,(H,28,29);3-13H,1-2H3,(H,25,26);3-14H,1-2H3,(H,24,25);3-12H,1-2H3,(H,23,24);2-11H,1H3,(H,22,23). The molecule has 9 aromatic carbocycles. The van der Waals surface area contributed by atoms with Crippen LogP contribution in [0, 0.1) is 13.8 Å². The predicted octanol–water partition coefficient (Wildman–Crippen LogP) is 23.6. The van der Waals surface area contributed by atoms with Crippen LogP contribution in [0.25, 0.3) is 67.5 Å². The summed E-state index contributed by atoms with van der Waals surface area (Å²) in [5, 5.41) is 15.5. The van der Waals surface area contributed by atoms with Gasteiger partial charge in [-0.2, -0.15) is 0 Å². The highest BCUT2D eigenvalue weighted by Gasteiger charge is 2.26. The van der Waals surface area contributed by atoms with Crippen molar-refractivity contribution in [2.45, 2.75) is 71.8 Å². The molecule has 0 atom stereocenters. The normalized spacial score (nSPS) is 11.2. The minimum Gasteiger partial charge on any atom is -0.322 e. The highest BCUT2D eigenvalue weighted by molar-refractivity contribution is 7.92. The maximum atomic E-state index is 13.0. The van der Waals surface area contributed by atoms with E-state index >= 15 is 0 Å². The monoisotopic (exact) mass is 2050 g/mol. The Morgan fingerprint density at radius 1 is 0.288 bits per heavy atom. The number of aromatic nitrogens is 8. The van der Waals surface area contributed by atoms with E-state index in [0.717, 1.165) is 29.3 Å². The fourth-order valence-corrected chi connectivity index (χ4v) is 17.9. The van der Waals surface area contributed by atoms with Gasteiger partial charge in [0.2, 0.25) is 0 Å². The Bertz CT molecular complexity index is 7710. The molecule has 139 heavy (non-hydrogen) atoms. The summed E-state index contributed by atoms with van der Waals surface area (Å²) in [6.07, 6.45) is 13.3. The number of sulfone groups is 4. The molecule has 7 aromatic heterocycles. The summed E-state index contributed by atoms with van der Waals surface area (Å²) < 4.78 is 95.1. The van der Waals surface area contributed by atoms with Crippen molar-refractivity contribution in [1.82, 2.24) is 39.9 Å². The maximum Gasteiger partial charge on any atom is 0.259 e. The molecule has 26 nitrogen and oxygen atoms in total. The topological polar surface area (TPSA) is 385 Å². The molecule has 706 valence electrons. The van der Waals surface area contributed by atoms with E-state index in [1.165, 1.54) is 79.0 Å². The molecule has 0 spiro atoms. The second-order valence-corrected chi connectivity index (χ2v) is 42.6. The molecule has 16 aromatic rings. The van der Waals surface area contributed by atoms with Gasteiger partial charge in [0, 0.05) is 129 Å². The Kier molecular flexibility index (Phi) is 34.9. The number of amides is 5. The summed E-state index contributed by atoms with van der Waals surface area (Å²) >= 11 is 37.5. The van der Waals surface area contributed by atoms with Gasteiger partial charge in [0.05, 0.1) is 106 Å². The molecular weight excluding hydrogens is 1970 g/mol. The first-order valence-corrected chi connectivity index (χ1v) is 51.2. The fraction of sp³-hybridized carbons (Fsp3) is 0.0971. The van der Waals surface area contributed by atoms with Crippen LogP contribution < -0.4 is 26.6 Å². The van der Waals surface area contributed by atoms with E-state index in [1.54, 1.807) is 182 Å². The number of halogens is 6. The first kappa shape index (κ1) is 104. The zero-order chi connectivity index (χ0) is 100. The highest BCUT2D eigenvalue weighted by atomic mass is 35.5. The lowest BCUT2D eigenvalue weighted by Gasteiger charge is -2.12. The Labute approximate surface area is 833 Å². The van der Waals surface area contributed by atoms with Gasteiger partial charge in [0.25, 0.3) is 29.5 Å². The molecule has 5 amide bonds. The molecule has 7 heterocycles. The van der Waals surface area contributed by atoms with Gasteiger partial charge >= 0.3 is 0 Å². The second-order valence-electron chi connectivity index (χ2n) is 31.1. The largest absolute Gasteiger partial charge is 0.322 e. The molecule has 36 heteroatoms. The summed E-state index contributed by atoms with van der Waals surface area (Å²) in [6, 6.07) is 79.9. The van der Waals surface area contributed by atoms with Gasteiger partial charge in [-0.05, 0) is 272 Å². The quantitative estimate of drug-likeness (QED) is 0.0421. The van der Waals surface area contributed by atoms with Crippen molar-refractivity contribution in [3.05, 3.63) is 398 Å². The molecule has 5 N–H and O–H groups in total. The van der Waals surface area contributed by atoms with Crippen LogP contribution in [0.2, 0.25) is 30.1 Å². The van der Waals surface area contributed by atoms with Crippen molar-refractivity contribution in [3.63, 3.8) is 0 Å². The maximum absolute atomic E-state index is 13.0. The molecular formula is C103H85Cl6N13O13S4. The van der Waals surface area contributed by atoms with E-state index in [2.05, 4.69) is 66.5 Å². The average molecular weight is 2050 g/mol. The van der Waals surface area contributed by atoms with E-state index in [1.807, 2.05) is 109 Å². The predicted molar refractivity (Wildman–Crippen MR) is 550 cm³/mol. The van der Waals surface area contributed by atoms with Gasteiger partial charge in [-0.25, -0.2) is 48.6 Å².